The zero-order valence-electron chi connectivity index (χ0n) is 10.4. The summed E-state index contributed by atoms with van der Waals surface area (Å²) in [6.45, 7) is 2.02. The molecule has 0 spiro atoms. The van der Waals surface area contributed by atoms with Crippen LogP contribution in [0.1, 0.15) is 11.1 Å². The van der Waals surface area contributed by atoms with Gasteiger partial charge in [-0.1, -0.05) is 30.2 Å². The molecule has 90 valence electrons. The minimum atomic E-state index is 0.0581. The summed E-state index contributed by atoms with van der Waals surface area (Å²) in [6, 6.07) is 11.3. The van der Waals surface area contributed by atoms with E-state index < -0.39 is 0 Å². The summed E-state index contributed by atoms with van der Waals surface area (Å²) in [5.74, 6) is 3.08. The van der Waals surface area contributed by atoms with Gasteiger partial charge in [0.05, 0.1) is 7.11 Å². The maximum absolute atomic E-state index is 9.74. The Morgan fingerprint density at radius 1 is 1.17 bits per heavy atom. The van der Waals surface area contributed by atoms with E-state index in [9.17, 15) is 5.11 Å². The summed E-state index contributed by atoms with van der Waals surface area (Å²) in [6.07, 6.45) is 5.50. The first-order chi connectivity index (χ1) is 8.67. The lowest BCUT2D eigenvalue weighted by atomic mass is 9.96. The molecule has 2 heteroatoms. The Balaban J connectivity index is 2.71. The molecule has 0 radical (unpaired) electrons. The van der Waals surface area contributed by atoms with Gasteiger partial charge >= 0.3 is 0 Å². The SMILES string of the molecule is C#Cc1cc(O)c(OC)cc1-c1ccccc1C. The third-order valence-corrected chi connectivity index (χ3v) is 2.91. The van der Waals surface area contributed by atoms with Crippen molar-refractivity contribution in [1.29, 1.82) is 0 Å². The van der Waals surface area contributed by atoms with Crippen LogP contribution in [-0.4, -0.2) is 12.2 Å². The fraction of sp³-hybridized carbons (Fsp3) is 0.125. The van der Waals surface area contributed by atoms with Crippen molar-refractivity contribution in [3.63, 3.8) is 0 Å². The highest BCUT2D eigenvalue weighted by molar-refractivity contribution is 5.76. The van der Waals surface area contributed by atoms with E-state index in [1.165, 1.54) is 7.11 Å². The summed E-state index contributed by atoms with van der Waals surface area (Å²) in [7, 11) is 1.52. The van der Waals surface area contributed by atoms with Gasteiger partial charge in [-0.2, -0.15) is 0 Å². The maximum Gasteiger partial charge on any atom is 0.161 e. The Kier molecular flexibility index (Phi) is 3.25. The van der Waals surface area contributed by atoms with Crippen molar-refractivity contribution >= 4 is 0 Å². The van der Waals surface area contributed by atoms with E-state index in [4.69, 9.17) is 11.2 Å². The van der Waals surface area contributed by atoms with Gasteiger partial charge in [-0.15, -0.1) is 6.42 Å². The second-order valence-electron chi connectivity index (χ2n) is 4.03. The van der Waals surface area contributed by atoms with Crippen molar-refractivity contribution in [3.05, 3.63) is 47.5 Å². The van der Waals surface area contributed by atoms with E-state index >= 15 is 0 Å². The van der Waals surface area contributed by atoms with E-state index in [0.29, 0.717) is 11.3 Å². The molecule has 1 N–H and O–H groups in total. The molecule has 0 aliphatic rings. The number of rotatable bonds is 2. The summed E-state index contributed by atoms with van der Waals surface area (Å²) < 4.78 is 5.13. The Morgan fingerprint density at radius 3 is 2.50 bits per heavy atom. The molecule has 2 aromatic rings. The first kappa shape index (κ1) is 12.1. The minimum Gasteiger partial charge on any atom is -0.504 e. The van der Waals surface area contributed by atoms with Crippen molar-refractivity contribution in [2.75, 3.05) is 7.11 Å². The molecule has 0 saturated carbocycles. The number of hydrogen-bond donors (Lipinski definition) is 1. The van der Waals surface area contributed by atoms with Crippen LogP contribution in [0.3, 0.4) is 0 Å². The average Bonchev–Trinajstić information content (AvgIpc) is 2.39. The van der Waals surface area contributed by atoms with Gasteiger partial charge in [0.1, 0.15) is 0 Å². The molecule has 2 nitrogen and oxygen atoms in total. The fourth-order valence-electron chi connectivity index (χ4n) is 1.95. The van der Waals surface area contributed by atoms with Crippen LogP contribution >= 0.6 is 0 Å². The van der Waals surface area contributed by atoms with E-state index in [2.05, 4.69) is 5.92 Å². The standard InChI is InChI=1S/C16H14O2/c1-4-12-9-15(17)16(18-3)10-14(12)13-8-6-5-7-11(13)2/h1,5-10,17H,2-3H3. The number of aromatic hydroxyl groups is 1. The lowest BCUT2D eigenvalue weighted by Crippen LogP contribution is -1.91. The van der Waals surface area contributed by atoms with Crippen LogP contribution in [0.2, 0.25) is 0 Å². The van der Waals surface area contributed by atoms with Crippen LogP contribution in [0.5, 0.6) is 11.5 Å². The van der Waals surface area contributed by atoms with Crippen molar-refractivity contribution in [1.82, 2.24) is 0 Å². The molecule has 0 atom stereocenters. The first-order valence-corrected chi connectivity index (χ1v) is 5.61. The minimum absolute atomic E-state index is 0.0581. The fourth-order valence-corrected chi connectivity index (χ4v) is 1.95. The molecule has 0 unspecified atom stereocenters. The summed E-state index contributed by atoms with van der Waals surface area (Å²) in [5.41, 5.74) is 3.72. The largest absolute Gasteiger partial charge is 0.504 e. The molecule has 2 rings (SSSR count). The topological polar surface area (TPSA) is 29.5 Å². The molecule has 18 heavy (non-hydrogen) atoms. The number of methoxy groups -OCH3 is 1. The molecule has 0 saturated heterocycles. The van der Waals surface area contributed by atoms with Crippen LogP contribution in [0.4, 0.5) is 0 Å². The first-order valence-electron chi connectivity index (χ1n) is 5.61. The van der Waals surface area contributed by atoms with Crippen LogP contribution in [0, 0.1) is 19.3 Å². The molecule has 0 heterocycles. The van der Waals surface area contributed by atoms with Gasteiger partial charge in [-0.05, 0) is 30.2 Å². The molecular weight excluding hydrogens is 224 g/mol. The van der Waals surface area contributed by atoms with Crippen molar-refractivity contribution in [2.24, 2.45) is 0 Å². The molecule has 0 amide bonds. The summed E-state index contributed by atoms with van der Waals surface area (Å²) >= 11 is 0. The number of aryl methyl sites for hydroxylation is 1. The molecule has 0 bridgehead atoms. The number of ether oxygens (including phenoxy) is 1. The average molecular weight is 238 g/mol. The van der Waals surface area contributed by atoms with Crippen molar-refractivity contribution in [2.45, 2.75) is 6.92 Å². The van der Waals surface area contributed by atoms with Gasteiger partial charge < -0.3 is 9.84 Å². The summed E-state index contributed by atoms with van der Waals surface area (Å²) in [5, 5.41) is 9.74. The Labute approximate surface area is 107 Å². The molecule has 0 aromatic heterocycles. The molecule has 0 fully saturated rings. The highest BCUT2D eigenvalue weighted by atomic mass is 16.5. The second-order valence-corrected chi connectivity index (χ2v) is 4.03. The zero-order valence-corrected chi connectivity index (χ0v) is 10.4. The lowest BCUT2D eigenvalue weighted by Gasteiger charge is -2.11. The van der Waals surface area contributed by atoms with Crippen molar-refractivity contribution < 1.29 is 9.84 Å². The summed E-state index contributed by atoms with van der Waals surface area (Å²) in [4.78, 5) is 0. The van der Waals surface area contributed by atoms with E-state index in [-0.39, 0.29) is 5.75 Å². The maximum atomic E-state index is 9.74. The Morgan fingerprint density at radius 2 is 1.89 bits per heavy atom. The predicted octanol–water partition coefficient (Wildman–Crippen LogP) is 3.36. The van der Waals surface area contributed by atoms with Crippen LogP contribution < -0.4 is 4.74 Å². The van der Waals surface area contributed by atoms with Gasteiger partial charge in [0.25, 0.3) is 0 Å². The van der Waals surface area contributed by atoms with Gasteiger partial charge in [-0.3, -0.25) is 0 Å². The van der Waals surface area contributed by atoms with Gasteiger partial charge in [-0.25, -0.2) is 0 Å². The van der Waals surface area contributed by atoms with Crippen LogP contribution in [-0.2, 0) is 0 Å². The van der Waals surface area contributed by atoms with Gasteiger partial charge in [0.15, 0.2) is 11.5 Å². The third-order valence-electron chi connectivity index (χ3n) is 2.91. The smallest absolute Gasteiger partial charge is 0.161 e. The third kappa shape index (κ3) is 2.03. The zero-order chi connectivity index (χ0) is 13.1. The number of terminal acetylenes is 1. The number of phenolic OH excluding ortho intramolecular Hbond substituents is 1. The molecular formula is C16H14O2. The molecule has 2 aromatic carbocycles. The van der Waals surface area contributed by atoms with Gasteiger partial charge in [0, 0.05) is 11.1 Å². The highest BCUT2D eigenvalue weighted by Crippen LogP contribution is 2.35. The van der Waals surface area contributed by atoms with Crippen molar-refractivity contribution in [3.8, 4) is 35.0 Å². The quantitative estimate of drug-likeness (QED) is 0.813. The van der Waals surface area contributed by atoms with Crippen LogP contribution in [0.15, 0.2) is 36.4 Å². The van der Waals surface area contributed by atoms with E-state index in [1.54, 1.807) is 12.1 Å². The predicted molar refractivity (Wildman–Crippen MR) is 72.8 cm³/mol. The van der Waals surface area contributed by atoms with E-state index in [1.807, 2.05) is 31.2 Å². The van der Waals surface area contributed by atoms with Crippen LogP contribution in [0.25, 0.3) is 11.1 Å². The highest BCUT2D eigenvalue weighted by Gasteiger charge is 2.11. The number of benzene rings is 2. The number of phenols is 1. The normalized spacial score (nSPS) is 9.83. The lowest BCUT2D eigenvalue weighted by molar-refractivity contribution is 0.373. The second kappa shape index (κ2) is 4.85. The van der Waals surface area contributed by atoms with Gasteiger partial charge in [0.2, 0.25) is 0 Å². The molecule has 0 aliphatic carbocycles. The monoisotopic (exact) mass is 238 g/mol. The van der Waals surface area contributed by atoms with E-state index in [0.717, 1.165) is 16.7 Å². The Hall–Kier alpha value is -2.40. The Bertz CT molecular complexity index is 621. The number of hydrogen-bond acceptors (Lipinski definition) is 2. The molecule has 0 aliphatic heterocycles.